The first-order valence-corrected chi connectivity index (χ1v) is 6.68. The number of aromatic nitrogens is 7. The van der Waals surface area contributed by atoms with Gasteiger partial charge in [0.1, 0.15) is 0 Å². The minimum Gasteiger partial charge on any atom is -0.464 e. The third kappa shape index (κ3) is 2.72. The Morgan fingerprint density at radius 3 is 2.95 bits per heavy atom. The third-order valence-corrected chi connectivity index (χ3v) is 3.24. The predicted molar refractivity (Wildman–Crippen MR) is 65.6 cm³/mol. The van der Waals surface area contributed by atoms with Gasteiger partial charge in [0.15, 0.2) is 0 Å². The van der Waals surface area contributed by atoms with Crippen LogP contribution < -0.4 is 10.5 Å². The number of hydrogen-bond donors (Lipinski definition) is 1. The molecule has 2 N–H and O–H groups in total. The van der Waals surface area contributed by atoms with Gasteiger partial charge >= 0.3 is 6.01 Å². The Labute approximate surface area is 113 Å². The van der Waals surface area contributed by atoms with Crippen molar-refractivity contribution < 1.29 is 4.74 Å². The fourth-order valence-corrected chi connectivity index (χ4v) is 2.26. The average molecular weight is 280 g/mol. The third-order valence-electron chi connectivity index (χ3n) is 2.42. The summed E-state index contributed by atoms with van der Waals surface area (Å²) in [6.07, 6.45) is 2.20. The molecule has 1 aliphatic rings. The lowest BCUT2D eigenvalue weighted by Gasteiger charge is -2.04. The average Bonchev–Trinajstić information content (AvgIpc) is 3.10. The molecule has 0 spiro atoms. The van der Waals surface area contributed by atoms with E-state index in [0.717, 1.165) is 12.8 Å². The normalized spacial score (nSPS) is 14.6. The van der Waals surface area contributed by atoms with Gasteiger partial charge < -0.3 is 10.5 Å². The van der Waals surface area contributed by atoms with Crippen LogP contribution in [0, 0.1) is 0 Å². The maximum Gasteiger partial charge on any atom is 0.322 e. The zero-order chi connectivity index (χ0) is 13.2. The molecule has 1 aliphatic carbocycles. The van der Waals surface area contributed by atoms with Crippen LogP contribution >= 0.6 is 11.8 Å². The molecule has 100 valence electrons. The predicted octanol–water partition coefficient (Wildman–Crippen LogP) is 0.325. The lowest BCUT2D eigenvalue weighted by Crippen LogP contribution is -2.05. The molecule has 0 aromatic carbocycles. The summed E-state index contributed by atoms with van der Waals surface area (Å²) >= 11 is 1.25. The highest BCUT2D eigenvalue weighted by molar-refractivity contribution is 7.99. The number of nitrogen functional groups attached to an aromatic ring is 1. The van der Waals surface area contributed by atoms with E-state index in [1.54, 1.807) is 4.68 Å². The Kier molecular flexibility index (Phi) is 3.15. The minimum atomic E-state index is 0.117. The zero-order valence-corrected chi connectivity index (χ0v) is 11.0. The Morgan fingerprint density at radius 2 is 2.21 bits per heavy atom. The first kappa shape index (κ1) is 12.1. The molecule has 0 aliphatic heterocycles. The van der Waals surface area contributed by atoms with Crippen molar-refractivity contribution in [3.05, 3.63) is 0 Å². The number of rotatable bonds is 5. The molecule has 1 fully saturated rings. The lowest BCUT2D eigenvalue weighted by molar-refractivity contribution is 0.308. The number of ether oxygens (including phenoxy) is 1. The fraction of sp³-hybridized carbons (Fsp3) is 0.556. The fourth-order valence-electron chi connectivity index (χ4n) is 1.47. The molecule has 3 rings (SSSR count). The van der Waals surface area contributed by atoms with E-state index < -0.39 is 0 Å². The van der Waals surface area contributed by atoms with Gasteiger partial charge in [-0.15, -0.1) is 5.10 Å². The van der Waals surface area contributed by atoms with Crippen LogP contribution in [-0.2, 0) is 0 Å². The summed E-state index contributed by atoms with van der Waals surface area (Å²) in [7, 11) is 0. The van der Waals surface area contributed by atoms with Crippen molar-refractivity contribution >= 4 is 17.7 Å². The van der Waals surface area contributed by atoms with E-state index in [1.165, 1.54) is 11.8 Å². The van der Waals surface area contributed by atoms with Gasteiger partial charge in [-0.3, -0.25) is 0 Å². The van der Waals surface area contributed by atoms with E-state index >= 15 is 0 Å². The van der Waals surface area contributed by atoms with Crippen molar-refractivity contribution in [3.8, 4) is 6.01 Å². The summed E-state index contributed by atoms with van der Waals surface area (Å²) in [5, 5.41) is 12.7. The summed E-state index contributed by atoms with van der Waals surface area (Å²) in [5.74, 6) is 0.117. The first-order valence-electron chi connectivity index (χ1n) is 5.86. The van der Waals surface area contributed by atoms with Crippen LogP contribution in [0.2, 0.25) is 0 Å². The first-order chi connectivity index (χ1) is 9.26. The van der Waals surface area contributed by atoms with Crippen LogP contribution in [0.1, 0.15) is 25.8 Å². The number of tetrazole rings is 1. The van der Waals surface area contributed by atoms with E-state index in [-0.39, 0.29) is 12.0 Å². The molecule has 0 amide bonds. The van der Waals surface area contributed by atoms with Crippen molar-refractivity contribution in [3.63, 3.8) is 0 Å². The second-order valence-corrected chi connectivity index (χ2v) is 4.87. The van der Waals surface area contributed by atoms with Gasteiger partial charge in [-0.2, -0.15) is 15.0 Å². The van der Waals surface area contributed by atoms with Crippen molar-refractivity contribution in [2.45, 2.75) is 36.1 Å². The van der Waals surface area contributed by atoms with Gasteiger partial charge in [-0.25, -0.2) is 4.68 Å². The summed E-state index contributed by atoms with van der Waals surface area (Å²) < 4.78 is 7.01. The molecule has 0 unspecified atom stereocenters. The topological polar surface area (TPSA) is 118 Å². The quantitative estimate of drug-likeness (QED) is 0.826. The van der Waals surface area contributed by atoms with Crippen LogP contribution in [-0.4, -0.2) is 41.8 Å². The summed E-state index contributed by atoms with van der Waals surface area (Å²) in [4.78, 5) is 12.1. The van der Waals surface area contributed by atoms with E-state index in [0.29, 0.717) is 23.0 Å². The molecule has 2 aromatic rings. The van der Waals surface area contributed by atoms with Crippen LogP contribution in [0.15, 0.2) is 10.3 Å². The molecular weight excluding hydrogens is 268 g/mol. The highest BCUT2D eigenvalue weighted by atomic mass is 32.2. The molecule has 0 saturated heterocycles. The SMILES string of the molecule is CCOc1nc(N)nc(Sc2nnnn2C2CC2)n1. The summed E-state index contributed by atoms with van der Waals surface area (Å²) in [6.45, 7) is 2.31. The van der Waals surface area contributed by atoms with Crippen LogP contribution in [0.3, 0.4) is 0 Å². The van der Waals surface area contributed by atoms with Crippen molar-refractivity contribution in [1.29, 1.82) is 0 Å². The van der Waals surface area contributed by atoms with Crippen LogP contribution in [0.4, 0.5) is 5.95 Å². The van der Waals surface area contributed by atoms with Gasteiger partial charge in [-0.05, 0) is 42.0 Å². The largest absolute Gasteiger partial charge is 0.464 e. The van der Waals surface area contributed by atoms with Gasteiger partial charge in [0.05, 0.1) is 12.6 Å². The molecule has 9 nitrogen and oxygen atoms in total. The van der Waals surface area contributed by atoms with Gasteiger partial charge in [0.2, 0.25) is 16.3 Å². The van der Waals surface area contributed by atoms with E-state index in [9.17, 15) is 0 Å². The molecule has 2 heterocycles. The standard InChI is InChI=1S/C9H12N8OS/c1-2-18-7-11-6(10)12-8(13-7)19-9-14-15-16-17(9)5-3-4-5/h5H,2-4H2,1H3,(H2,10,11,12,13). The number of nitrogens with two attached hydrogens (primary N) is 1. The molecule has 2 aromatic heterocycles. The van der Waals surface area contributed by atoms with E-state index in [2.05, 4.69) is 30.5 Å². The maximum absolute atomic E-state index is 5.61. The lowest BCUT2D eigenvalue weighted by atomic mass is 10.7. The van der Waals surface area contributed by atoms with Gasteiger partial charge in [0.25, 0.3) is 0 Å². The van der Waals surface area contributed by atoms with Crippen molar-refractivity contribution in [2.24, 2.45) is 0 Å². The molecule has 0 radical (unpaired) electrons. The number of hydrogen-bond acceptors (Lipinski definition) is 9. The van der Waals surface area contributed by atoms with E-state index in [1.807, 2.05) is 6.92 Å². The highest BCUT2D eigenvalue weighted by Crippen LogP contribution is 2.37. The van der Waals surface area contributed by atoms with E-state index in [4.69, 9.17) is 10.5 Å². The summed E-state index contributed by atoms with van der Waals surface area (Å²) in [6, 6.07) is 0.603. The zero-order valence-electron chi connectivity index (χ0n) is 10.2. The maximum atomic E-state index is 5.61. The minimum absolute atomic E-state index is 0.117. The number of nitrogens with zero attached hydrogens (tertiary/aromatic N) is 7. The monoisotopic (exact) mass is 280 g/mol. The second kappa shape index (κ2) is 4.96. The molecular formula is C9H12N8OS. The molecule has 19 heavy (non-hydrogen) atoms. The Hall–Kier alpha value is -1.97. The number of anilines is 1. The smallest absolute Gasteiger partial charge is 0.322 e. The van der Waals surface area contributed by atoms with Crippen molar-refractivity contribution in [2.75, 3.05) is 12.3 Å². The Bertz CT molecular complexity index is 583. The highest BCUT2D eigenvalue weighted by Gasteiger charge is 2.28. The second-order valence-electron chi connectivity index (χ2n) is 3.93. The Balaban J connectivity index is 1.83. The van der Waals surface area contributed by atoms with Gasteiger partial charge in [0, 0.05) is 0 Å². The van der Waals surface area contributed by atoms with Gasteiger partial charge in [-0.1, -0.05) is 0 Å². The molecule has 0 atom stereocenters. The molecule has 0 bridgehead atoms. The molecule has 10 heteroatoms. The van der Waals surface area contributed by atoms with Crippen molar-refractivity contribution in [1.82, 2.24) is 35.2 Å². The Morgan fingerprint density at radius 1 is 1.37 bits per heavy atom. The summed E-state index contributed by atoms with van der Waals surface area (Å²) in [5.41, 5.74) is 5.61. The molecule has 1 saturated carbocycles. The van der Waals surface area contributed by atoms with Crippen LogP contribution in [0.25, 0.3) is 0 Å². The van der Waals surface area contributed by atoms with Crippen LogP contribution in [0.5, 0.6) is 6.01 Å².